The number of cyclic esters (lactones) is 1. The fourth-order valence-corrected chi connectivity index (χ4v) is 1.74. The summed E-state index contributed by atoms with van der Waals surface area (Å²) in [5.74, 6) is -0.552. The van der Waals surface area contributed by atoms with Crippen molar-refractivity contribution in [1.82, 2.24) is 0 Å². The van der Waals surface area contributed by atoms with Crippen LogP contribution in [-0.4, -0.2) is 23.3 Å². The molecule has 0 aromatic rings. The van der Waals surface area contributed by atoms with Gasteiger partial charge in [0.05, 0.1) is 12.0 Å². The quantitative estimate of drug-likeness (QED) is 0.599. The monoisotopic (exact) mass is 172 g/mol. The van der Waals surface area contributed by atoms with Gasteiger partial charge in [-0.2, -0.15) is 0 Å². The van der Waals surface area contributed by atoms with Gasteiger partial charge in [-0.1, -0.05) is 6.92 Å². The zero-order chi connectivity index (χ0) is 9.30. The molecule has 1 aliphatic rings. The van der Waals surface area contributed by atoms with E-state index in [9.17, 15) is 9.90 Å². The van der Waals surface area contributed by atoms with Crippen LogP contribution in [-0.2, 0) is 9.53 Å². The molecule has 1 aliphatic heterocycles. The summed E-state index contributed by atoms with van der Waals surface area (Å²) in [4.78, 5) is 11.1. The van der Waals surface area contributed by atoms with Crippen molar-refractivity contribution in [2.24, 2.45) is 11.8 Å². The van der Waals surface area contributed by atoms with Gasteiger partial charge >= 0.3 is 5.97 Å². The SMILES string of the molecule is CC[C@@H]1[C@H](O)C(C)C(=O)O[C@@H]1C. The number of aliphatic hydroxyl groups excluding tert-OH is 1. The van der Waals surface area contributed by atoms with Crippen LogP contribution in [0.3, 0.4) is 0 Å². The molecule has 0 aromatic heterocycles. The van der Waals surface area contributed by atoms with Crippen molar-refractivity contribution in [3.63, 3.8) is 0 Å². The number of esters is 1. The first-order chi connectivity index (χ1) is 5.57. The molecule has 1 unspecified atom stereocenters. The Hall–Kier alpha value is -0.570. The number of hydrogen-bond donors (Lipinski definition) is 1. The molecule has 4 atom stereocenters. The lowest BCUT2D eigenvalue weighted by atomic mass is 9.84. The number of hydrogen-bond acceptors (Lipinski definition) is 3. The van der Waals surface area contributed by atoms with Gasteiger partial charge in [0.15, 0.2) is 0 Å². The van der Waals surface area contributed by atoms with Crippen molar-refractivity contribution in [3.05, 3.63) is 0 Å². The van der Waals surface area contributed by atoms with E-state index in [-0.39, 0.29) is 23.9 Å². The highest BCUT2D eigenvalue weighted by molar-refractivity contribution is 5.73. The van der Waals surface area contributed by atoms with E-state index in [4.69, 9.17) is 4.74 Å². The fourth-order valence-electron chi connectivity index (χ4n) is 1.74. The second-order valence-corrected chi connectivity index (χ2v) is 3.49. The van der Waals surface area contributed by atoms with Gasteiger partial charge in [-0.3, -0.25) is 4.79 Å². The van der Waals surface area contributed by atoms with E-state index in [1.807, 2.05) is 13.8 Å². The molecule has 3 nitrogen and oxygen atoms in total. The Morgan fingerprint density at radius 1 is 1.50 bits per heavy atom. The van der Waals surface area contributed by atoms with E-state index >= 15 is 0 Å². The molecule has 1 N–H and O–H groups in total. The third-order valence-corrected chi connectivity index (χ3v) is 2.70. The fraction of sp³-hybridized carbons (Fsp3) is 0.889. The van der Waals surface area contributed by atoms with Gasteiger partial charge in [0.25, 0.3) is 0 Å². The Labute approximate surface area is 72.7 Å². The van der Waals surface area contributed by atoms with E-state index in [2.05, 4.69) is 0 Å². The molecule has 0 bridgehead atoms. The average Bonchev–Trinajstić information content (AvgIpc) is 2.01. The van der Waals surface area contributed by atoms with E-state index in [0.29, 0.717) is 0 Å². The minimum absolute atomic E-state index is 0.0951. The molecule has 0 spiro atoms. The maximum absolute atomic E-state index is 11.1. The van der Waals surface area contributed by atoms with Crippen LogP contribution in [0, 0.1) is 11.8 Å². The molecule has 0 saturated carbocycles. The molecule has 0 amide bonds. The van der Waals surface area contributed by atoms with Crippen LogP contribution in [0.25, 0.3) is 0 Å². The summed E-state index contributed by atoms with van der Waals surface area (Å²) in [6.45, 7) is 5.54. The first kappa shape index (κ1) is 9.52. The van der Waals surface area contributed by atoms with Gasteiger partial charge < -0.3 is 9.84 Å². The summed E-state index contributed by atoms with van der Waals surface area (Å²) in [7, 11) is 0. The predicted molar refractivity (Wildman–Crippen MR) is 44.5 cm³/mol. The third kappa shape index (κ3) is 1.46. The molecule has 1 heterocycles. The van der Waals surface area contributed by atoms with E-state index in [1.54, 1.807) is 6.92 Å². The molecule has 1 fully saturated rings. The average molecular weight is 172 g/mol. The van der Waals surface area contributed by atoms with Crippen LogP contribution in [0.5, 0.6) is 0 Å². The van der Waals surface area contributed by atoms with Crippen molar-refractivity contribution in [1.29, 1.82) is 0 Å². The molecular formula is C9H16O3. The summed E-state index contributed by atoms with van der Waals surface area (Å²) < 4.78 is 5.07. The normalized spacial score (nSPS) is 42.5. The molecule has 0 radical (unpaired) electrons. The van der Waals surface area contributed by atoms with Crippen molar-refractivity contribution in [2.75, 3.05) is 0 Å². The number of carbonyl (C=O) groups is 1. The second-order valence-electron chi connectivity index (χ2n) is 3.49. The zero-order valence-electron chi connectivity index (χ0n) is 7.78. The van der Waals surface area contributed by atoms with Crippen molar-refractivity contribution < 1.29 is 14.6 Å². The van der Waals surface area contributed by atoms with Gasteiger partial charge in [-0.05, 0) is 20.3 Å². The molecule has 1 saturated heterocycles. The lowest BCUT2D eigenvalue weighted by Gasteiger charge is -2.35. The first-order valence-corrected chi connectivity index (χ1v) is 4.46. The Kier molecular flexibility index (Phi) is 2.73. The summed E-state index contributed by atoms with van der Waals surface area (Å²) in [6.07, 6.45) is 0.167. The maximum Gasteiger partial charge on any atom is 0.311 e. The van der Waals surface area contributed by atoms with E-state index < -0.39 is 6.10 Å². The summed E-state index contributed by atoms with van der Waals surface area (Å²) in [5, 5.41) is 9.68. The van der Waals surface area contributed by atoms with Gasteiger partial charge in [-0.15, -0.1) is 0 Å². The van der Waals surface area contributed by atoms with Gasteiger partial charge in [0, 0.05) is 5.92 Å². The number of rotatable bonds is 1. The lowest BCUT2D eigenvalue weighted by molar-refractivity contribution is -0.176. The van der Waals surface area contributed by atoms with Crippen LogP contribution < -0.4 is 0 Å². The summed E-state index contributed by atoms with van der Waals surface area (Å²) >= 11 is 0. The summed E-state index contributed by atoms with van der Waals surface area (Å²) in [5.41, 5.74) is 0. The standard InChI is InChI=1S/C9H16O3/c1-4-7-6(3)12-9(11)5(2)8(7)10/h5-8,10H,4H2,1-3H3/t5?,6-,7+,8-/m1/s1. The van der Waals surface area contributed by atoms with Crippen molar-refractivity contribution >= 4 is 5.97 Å². The smallest absolute Gasteiger partial charge is 0.311 e. The van der Waals surface area contributed by atoms with Crippen LogP contribution in [0.1, 0.15) is 27.2 Å². The highest BCUT2D eigenvalue weighted by Crippen LogP contribution is 2.28. The van der Waals surface area contributed by atoms with Crippen molar-refractivity contribution in [2.45, 2.75) is 39.4 Å². The van der Waals surface area contributed by atoms with Crippen LogP contribution in [0.4, 0.5) is 0 Å². The largest absolute Gasteiger partial charge is 0.462 e. The highest BCUT2D eigenvalue weighted by atomic mass is 16.5. The molecule has 70 valence electrons. The first-order valence-electron chi connectivity index (χ1n) is 4.46. The van der Waals surface area contributed by atoms with E-state index in [1.165, 1.54) is 0 Å². The molecule has 0 aromatic carbocycles. The Bertz CT molecular complexity index is 179. The van der Waals surface area contributed by atoms with Crippen LogP contribution in [0.2, 0.25) is 0 Å². The number of ether oxygens (including phenoxy) is 1. The molecule has 0 aliphatic carbocycles. The number of carbonyl (C=O) groups excluding carboxylic acids is 1. The molecule has 12 heavy (non-hydrogen) atoms. The predicted octanol–water partition coefficient (Wildman–Crippen LogP) is 0.955. The Morgan fingerprint density at radius 2 is 2.08 bits per heavy atom. The lowest BCUT2D eigenvalue weighted by Crippen LogP contribution is -2.46. The molecule has 1 rings (SSSR count). The number of aliphatic hydroxyl groups is 1. The van der Waals surface area contributed by atoms with Crippen LogP contribution in [0.15, 0.2) is 0 Å². The topological polar surface area (TPSA) is 46.5 Å². The Balaban J connectivity index is 2.72. The molecule has 3 heteroatoms. The van der Waals surface area contributed by atoms with E-state index in [0.717, 1.165) is 6.42 Å². The third-order valence-electron chi connectivity index (χ3n) is 2.70. The van der Waals surface area contributed by atoms with Gasteiger partial charge in [-0.25, -0.2) is 0 Å². The van der Waals surface area contributed by atoms with Gasteiger partial charge in [0.1, 0.15) is 6.10 Å². The van der Waals surface area contributed by atoms with Crippen LogP contribution >= 0.6 is 0 Å². The minimum Gasteiger partial charge on any atom is -0.462 e. The zero-order valence-corrected chi connectivity index (χ0v) is 7.78. The highest BCUT2D eigenvalue weighted by Gasteiger charge is 2.39. The second kappa shape index (κ2) is 3.44. The Morgan fingerprint density at radius 3 is 2.58 bits per heavy atom. The maximum atomic E-state index is 11.1. The summed E-state index contributed by atoms with van der Waals surface area (Å²) in [6, 6.07) is 0. The molecular weight excluding hydrogens is 156 g/mol. The van der Waals surface area contributed by atoms with Crippen molar-refractivity contribution in [3.8, 4) is 0 Å². The minimum atomic E-state index is -0.536. The van der Waals surface area contributed by atoms with Gasteiger partial charge in [0.2, 0.25) is 0 Å².